The Labute approximate surface area is 125 Å². The number of nitrogens with zero attached hydrogens (tertiary/aromatic N) is 4. The SMILES string of the molecule is CC1=CC(C)CC(CNc2cccc(-n3cnnn3)c2)C1. The lowest BCUT2D eigenvalue weighted by Crippen LogP contribution is -2.20. The first-order valence-electron chi connectivity index (χ1n) is 7.45. The third-order valence-electron chi connectivity index (χ3n) is 3.94. The lowest BCUT2D eigenvalue weighted by Gasteiger charge is -2.26. The van der Waals surface area contributed by atoms with E-state index in [4.69, 9.17) is 0 Å². The van der Waals surface area contributed by atoms with Crippen LogP contribution in [-0.4, -0.2) is 26.8 Å². The minimum Gasteiger partial charge on any atom is -0.385 e. The zero-order valence-electron chi connectivity index (χ0n) is 12.5. The maximum atomic E-state index is 3.92. The topological polar surface area (TPSA) is 55.6 Å². The predicted molar refractivity (Wildman–Crippen MR) is 83.3 cm³/mol. The highest BCUT2D eigenvalue weighted by Gasteiger charge is 2.17. The van der Waals surface area contributed by atoms with Gasteiger partial charge in [-0.2, -0.15) is 0 Å². The van der Waals surface area contributed by atoms with Crippen molar-refractivity contribution in [3.05, 3.63) is 42.2 Å². The van der Waals surface area contributed by atoms with Crippen LogP contribution in [0.3, 0.4) is 0 Å². The van der Waals surface area contributed by atoms with E-state index in [1.807, 2.05) is 12.1 Å². The first kappa shape index (κ1) is 13.8. The van der Waals surface area contributed by atoms with E-state index in [0.717, 1.165) is 17.9 Å². The van der Waals surface area contributed by atoms with Crippen LogP contribution in [0.15, 0.2) is 42.2 Å². The zero-order valence-corrected chi connectivity index (χ0v) is 12.5. The summed E-state index contributed by atoms with van der Waals surface area (Å²) in [6.45, 7) is 5.55. The number of aromatic nitrogens is 4. The van der Waals surface area contributed by atoms with Gasteiger partial charge < -0.3 is 5.32 Å². The van der Waals surface area contributed by atoms with Crippen LogP contribution in [0.5, 0.6) is 0 Å². The number of rotatable bonds is 4. The van der Waals surface area contributed by atoms with E-state index in [1.165, 1.54) is 18.4 Å². The molecule has 2 unspecified atom stereocenters. The Morgan fingerprint density at radius 1 is 1.38 bits per heavy atom. The van der Waals surface area contributed by atoms with Crippen LogP contribution in [-0.2, 0) is 0 Å². The second-order valence-electron chi connectivity index (χ2n) is 5.98. The molecule has 1 N–H and O–H groups in total. The van der Waals surface area contributed by atoms with Gasteiger partial charge in [-0.25, -0.2) is 4.68 Å². The number of anilines is 1. The van der Waals surface area contributed by atoms with Gasteiger partial charge in [-0.3, -0.25) is 0 Å². The molecule has 1 heterocycles. The molecule has 1 aliphatic rings. The fourth-order valence-electron chi connectivity index (χ4n) is 3.14. The fraction of sp³-hybridized carbons (Fsp3) is 0.438. The average Bonchev–Trinajstić information content (AvgIpc) is 2.99. The number of nitrogens with one attached hydrogen (secondary N) is 1. The smallest absolute Gasteiger partial charge is 0.143 e. The van der Waals surface area contributed by atoms with Gasteiger partial charge in [0.1, 0.15) is 6.33 Å². The molecule has 1 aliphatic carbocycles. The summed E-state index contributed by atoms with van der Waals surface area (Å²) < 4.78 is 1.67. The molecule has 3 rings (SSSR count). The Balaban J connectivity index is 1.63. The lowest BCUT2D eigenvalue weighted by atomic mass is 9.84. The van der Waals surface area contributed by atoms with Crippen LogP contribution in [0.2, 0.25) is 0 Å². The summed E-state index contributed by atoms with van der Waals surface area (Å²) in [5.74, 6) is 1.40. The number of hydrogen-bond acceptors (Lipinski definition) is 4. The van der Waals surface area contributed by atoms with Crippen molar-refractivity contribution in [3.63, 3.8) is 0 Å². The first-order valence-corrected chi connectivity index (χ1v) is 7.45. The maximum absolute atomic E-state index is 3.92. The third kappa shape index (κ3) is 3.48. The molecule has 0 radical (unpaired) electrons. The number of allylic oxidation sites excluding steroid dienone is 2. The first-order chi connectivity index (χ1) is 10.2. The Hall–Kier alpha value is -2.17. The van der Waals surface area contributed by atoms with Gasteiger partial charge in [-0.15, -0.1) is 5.10 Å². The predicted octanol–water partition coefficient (Wildman–Crippen LogP) is 3.07. The maximum Gasteiger partial charge on any atom is 0.143 e. The average molecular weight is 283 g/mol. The van der Waals surface area contributed by atoms with Crippen molar-refractivity contribution in [1.82, 2.24) is 20.2 Å². The summed E-state index contributed by atoms with van der Waals surface area (Å²) in [5, 5.41) is 14.8. The molecule has 1 aromatic carbocycles. The quantitative estimate of drug-likeness (QED) is 0.876. The standard InChI is InChI=1S/C16H21N5/c1-12-6-13(2)8-14(7-12)10-17-15-4-3-5-16(9-15)21-11-18-19-20-21/h3-6,9,11-12,14,17H,7-8,10H2,1-2H3. The summed E-state index contributed by atoms with van der Waals surface area (Å²) >= 11 is 0. The highest BCUT2D eigenvalue weighted by atomic mass is 15.5. The molecule has 0 bridgehead atoms. The van der Waals surface area contributed by atoms with Crippen molar-refractivity contribution in [2.45, 2.75) is 26.7 Å². The van der Waals surface area contributed by atoms with Gasteiger partial charge in [-0.1, -0.05) is 24.6 Å². The van der Waals surface area contributed by atoms with Crippen molar-refractivity contribution in [1.29, 1.82) is 0 Å². The van der Waals surface area contributed by atoms with Gasteiger partial charge >= 0.3 is 0 Å². The molecule has 21 heavy (non-hydrogen) atoms. The van der Waals surface area contributed by atoms with Crippen molar-refractivity contribution < 1.29 is 0 Å². The molecule has 0 saturated carbocycles. The van der Waals surface area contributed by atoms with E-state index in [2.05, 4.69) is 52.9 Å². The largest absolute Gasteiger partial charge is 0.385 e. The van der Waals surface area contributed by atoms with Crippen molar-refractivity contribution in [2.24, 2.45) is 11.8 Å². The van der Waals surface area contributed by atoms with E-state index >= 15 is 0 Å². The van der Waals surface area contributed by atoms with Crippen molar-refractivity contribution in [2.75, 3.05) is 11.9 Å². The molecule has 0 fully saturated rings. The Morgan fingerprint density at radius 2 is 2.29 bits per heavy atom. The minimum atomic E-state index is 0.693. The Kier molecular flexibility index (Phi) is 3.99. The normalized spacial score (nSPS) is 21.9. The van der Waals surface area contributed by atoms with Crippen LogP contribution in [0.4, 0.5) is 5.69 Å². The summed E-state index contributed by atoms with van der Waals surface area (Å²) in [5.41, 5.74) is 3.60. The van der Waals surface area contributed by atoms with E-state index in [-0.39, 0.29) is 0 Å². The van der Waals surface area contributed by atoms with Gasteiger partial charge in [0.25, 0.3) is 0 Å². The van der Waals surface area contributed by atoms with E-state index in [1.54, 1.807) is 11.0 Å². The molecular weight excluding hydrogens is 262 g/mol. The molecule has 0 spiro atoms. The fourth-order valence-corrected chi connectivity index (χ4v) is 3.14. The van der Waals surface area contributed by atoms with Crippen molar-refractivity contribution >= 4 is 5.69 Å². The Morgan fingerprint density at radius 3 is 3.05 bits per heavy atom. The third-order valence-corrected chi connectivity index (χ3v) is 3.94. The molecule has 0 saturated heterocycles. The molecule has 110 valence electrons. The van der Waals surface area contributed by atoms with Gasteiger partial charge in [-0.05, 0) is 60.2 Å². The molecule has 1 aromatic heterocycles. The van der Waals surface area contributed by atoms with Gasteiger partial charge in [0.2, 0.25) is 0 Å². The molecule has 2 aromatic rings. The van der Waals surface area contributed by atoms with Gasteiger partial charge in [0.15, 0.2) is 0 Å². The monoisotopic (exact) mass is 283 g/mol. The van der Waals surface area contributed by atoms with Crippen molar-refractivity contribution in [3.8, 4) is 5.69 Å². The minimum absolute atomic E-state index is 0.693. The molecule has 0 amide bonds. The number of tetrazole rings is 1. The van der Waals surface area contributed by atoms with Crippen LogP contribution in [0.25, 0.3) is 5.69 Å². The lowest BCUT2D eigenvalue weighted by molar-refractivity contribution is 0.421. The number of hydrogen-bond donors (Lipinski definition) is 1. The summed E-state index contributed by atoms with van der Waals surface area (Å²) in [6, 6.07) is 8.18. The van der Waals surface area contributed by atoms with Crippen LogP contribution in [0, 0.1) is 11.8 Å². The molecule has 0 aliphatic heterocycles. The molecule has 2 atom stereocenters. The van der Waals surface area contributed by atoms with Crippen LogP contribution >= 0.6 is 0 Å². The summed E-state index contributed by atoms with van der Waals surface area (Å²) in [6.07, 6.45) is 6.46. The molecular formula is C16H21N5. The number of benzene rings is 1. The molecule has 5 nitrogen and oxygen atoms in total. The van der Waals surface area contributed by atoms with Crippen LogP contribution < -0.4 is 5.32 Å². The van der Waals surface area contributed by atoms with E-state index < -0.39 is 0 Å². The van der Waals surface area contributed by atoms with E-state index in [0.29, 0.717) is 11.8 Å². The van der Waals surface area contributed by atoms with Gasteiger partial charge in [0.05, 0.1) is 5.69 Å². The van der Waals surface area contributed by atoms with Crippen LogP contribution in [0.1, 0.15) is 26.7 Å². The zero-order chi connectivity index (χ0) is 14.7. The summed E-state index contributed by atoms with van der Waals surface area (Å²) in [7, 11) is 0. The van der Waals surface area contributed by atoms with E-state index in [9.17, 15) is 0 Å². The second kappa shape index (κ2) is 6.08. The Bertz CT molecular complexity index is 617. The van der Waals surface area contributed by atoms with Gasteiger partial charge in [0, 0.05) is 12.2 Å². The highest BCUT2D eigenvalue weighted by Crippen LogP contribution is 2.28. The highest BCUT2D eigenvalue weighted by molar-refractivity contribution is 5.50. The second-order valence-corrected chi connectivity index (χ2v) is 5.98. The summed E-state index contributed by atoms with van der Waals surface area (Å²) in [4.78, 5) is 0. The molecule has 5 heteroatoms.